The van der Waals surface area contributed by atoms with E-state index < -0.39 is 0 Å². The Morgan fingerprint density at radius 2 is 2.13 bits per heavy atom. The van der Waals surface area contributed by atoms with Gasteiger partial charge in [0.2, 0.25) is 0 Å². The average molecular weight is 212 g/mol. The summed E-state index contributed by atoms with van der Waals surface area (Å²) in [6.45, 7) is 3.89. The van der Waals surface area contributed by atoms with E-state index >= 15 is 0 Å². The van der Waals surface area contributed by atoms with Crippen molar-refractivity contribution < 1.29 is 4.74 Å². The molecule has 2 fully saturated rings. The summed E-state index contributed by atoms with van der Waals surface area (Å²) in [4.78, 5) is 2.31. The maximum atomic E-state index is 6.18. The molecular weight excluding hydrogens is 188 g/mol. The van der Waals surface area contributed by atoms with Gasteiger partial charge in [0.1, 0.15) is 0 Å². The molecule has 2 aliphatic rings. The van der Waals surface area contributed by atoms with E-state index in [0.29, 0.717) is 0 Å². The van der Waals surface area contributed by atoms with Crippen LogP contribution in [0.15, 0.2) is 0 Å². The molecule has 2 N–H and O–H groups in total. The fourth-order valence-electron chi connectivity index (χ4n) is 2.16. The van der Waals surface area contributed by atoms with E-state index in [4.69, 9.17) is 10.5 Å². The number of nitrogens with two attached hydrogens (primary N) is 1. The molecule has 0 unspecified atom stereocenters. The van der Waals surface area contributed by atoms with Crippen molar-refractivity contribution in [1.29, 1.82) is 0 Å². The van der Waals surface area contributed by atoms with E-state index in [1.54, 1.807) is 0 Å². The van der Waals surface area contributed by atoms with Gasteiger partial charge in [-0.25, -0.2) is 0 Å². The summed E-state index contributed by atoms with van der Waals surface area (Å²) >= 11 is 0. The predicted octanol–water partition coefficient (Wildman–Crippen LogP) is 1.23. The maximum absolute atomic E-state index is 6.18. The van der Waals surface area contributed by atoms with Gasteiger partial charge in [-0.2, -0.15) is 0 Å². The van der Waals surface area contributed by atoms with Crippen molar-refractivity contribution >= 4 is 0 Å². The molecule has 88 valence electrons. The van der Waals surface area contributed by atoms with Crippen molar-refractivity contribution in [3.8, 4) is 0 Å². The second-order valence-electron chi connectivity index (χ2n) is 5.47. The highest BCUT2D eigenvalue weighted by atomic mass is 16.5. The molecule has 0 spiro atoms. The Balaban J connectivity index is 1.49. The summed E-state index contributed by atoms with van der Waals surface area (Å²) in [5.74, 6) is 0.878. The molecule has 0 aromatic carbocycles. The quantitative estimate of drug-likeness (QED) is 0.645. The van der Waals surface area contributed by atoms with Crippen molar-refractivity contribution in [2.75, 3.05) is 33.4 Å². The summed E-state index contributed by atoms with van der Waals surface area (Å²) in [7, 11) is 2.15. The maximum Gasteiger partial charge on any atom is 0.0593 e. The summed E-state index contributed by atoms with van der Waals surface area (Å²) < 4.78 is 5.61. The van der Waals surface area contributed by atoms with Gasteiger partial charge in [-0.05, 0) is 45.1 Å². The molecule has 2 saturated carbocycles. The summed E-state index contributed by atoms with van der Waals surface area (Å²) in [5, 5.41) is 0. The molecule has 0 atom stereocenters. The molecule has 0 bridgehead atoms. The van der Waals surface area contributed by atoms with Gasteiger partial charge in [-0.15, -0.1) is 0 Å². The zero-order valence-electron chi connectivity index (χ0n) is 9.87. The summed E-state index contributed by atoms with van der Waals surface area (Å²) in [6.07, 6.45) is 6.45. The first-order valence-electron chi connectivity index (χ1n) is 6.23. The third-order valence-corrected chi connectivity index (χ3v) is 3.60. The molecular formula is C12H24N2O. The minimum absolute atomic E-state index is 0.116. The largest absolute Gasteiger partial charge is 0.380 e. The van der Waals surface area contributed by atoms with Gasteiger partial charge in [0, 0.05) is 25.2 Å². The number of nitrogens with zero attached hydrogens (tertiary/aromatic N) is 1. The molecule has 0 heterocycles. The van der Waals surface area contributed by atoms with Crippen molar-refractivity contribution in [1.82, 2.24) is 4.90 Å². The highest BCUT2D eigenvalue weighted by Crippen LogP contribution is 2.30. The Kier molecular flexibility index (Phi) is 3.65. The zero-order valence-corrected chi connectivity index (χ0v) is 9.87. The Morgan fingerprint density at radius 3 is 2.67 bits per heavy atom. The number of hydrogen-bond acceptors (Lipinski definition) is 3. The van der Waals surface area contributed by atoms with Crippen molar-refractivity contribution in [3.63, 3.8) is 0 Å². The van der Waals surface area contributed by atoms with Gasteiger partial charge < -0.3 is 15.4 Å². The topological polar surface area (TPSA) is 38.5 Å². The van der Waals surface area contributed by atoms with Crippen molar-refractivity contribution in [3.05, 3.63) is 0 Å². The zero-order chi connectivity index (χ0) is 10.7. The highest BCUT2D eigenvalue weighted by Gasteiger charge is 2.33. The molecule has 3 heteroatoms. The fourth-order valence-corrected chi connectivity index (χ4v) is 2.16. The Labute approximate surface area is 93.0 Å². The fraction of sp³-hybridized carbons (Fsp3) is 1.00. The van der Waals surface area contributed by atoms with E-state index in [0.717, 1.165) is 32.2 Å². The molecule has 0 saturated heterocycles. The van der Waals surface area contributed by atoms with E-state index in [9.17, 15) is 0 Å². The first kappa shape index (κ1) is 11.4. The van der Waals surface area contributed by atoms with Crippen LogP contribution in [0.1, 0.15) is 32.1 Å². The van der Waals surface area contributed by atoms with E-state index in [1.807, 2.05) is 0 Å². The van der Waals surface area contributed by atoms with Crippen LogP contribution in [0.2, 0.25) is 0 Å². The van der Waals surface area contributed by atoms with Crippen LogP contribution < -0.4 is 5.73 Å². The minimum Gasteiger partial charge on any atom is -0.380 e. The Bertz CT molecular complexity index is 200. The van der Waals surface area contributed by atoms with Crippen molar-refractivity contribution in [2.45, 2.75) is 37.6 Å². The Hall–Kier alpha value is -0.120. The van der Waals surface area contributed by atoms with E-state index in [1.165, 1.54) is 32.1 Å². The molecule has 0 aromatic heterocycles. The second kappa shape index (κ2) is 4.81. The van der Waals surface area contributed by atoms with Crippen LogP contribution in [0, 0.1) is 5.92 Å². The summed E-state index contributed by atoms with van der Waals surface area (Å²) in [6, 6.07) is 0. The van der Waals surface area contributed by atoms with Crippen LogP contribution in [0.3, 0.4) is 0 Å². The molecule has 0 amide bonds. The number of rotatable bonds is 7. The van der Waals surface area contributed by atoms with Gasteiger partial charge >= 0.3 is 0 Å². The van der Waals surface area contributed by atoms with Gasteiger partial charge in [0.05, 0.1) is 6.61 Å². The van der Waals surface area contributed by atoms with E-state index in [2.05, 4.69) is 11.9 Å². The molecule has 2 rings (SSSR count). The number of likely N-dealkylation sites (N-methyl/N-ethyl adjacent to an activating group) is 1. The van der Waals surface area contributed by atoms with Gasteiger partial charge in [-0.1, -0.05) is 0 Å². The molecule has 3 nitrogen and oxygen atoms in total. The van der Waals surface area contributed by atoms with Crippen LogP contribution in [-0.4, -0.2) is 43.8 Å². The van der Waals surface area contributed by atoms with Gasteiger partial charge in [-0.3, -0.25) is 0 Å². The van der Waals surface area contributed by atoms with Crippen LogP contribution in [-0.2, 0) is 4.74 Å². The first-order valence-corrected chi connectivity index (χ1v) is 6.23. The molecule has 2 aliphatic carbocycles. The minimum atomic E-state index is 0.116. The smallest absolute Gasteiger partial charge is 0.0593 e. The third-order valence-electron chi connectivity index (χ3n) is 3.60. The lowest BCUT2D eigenvalue weighted by Gasteiger charge is -2.41. The molecule has 0 radical (unpaired) electrons. The van der Waals surface area contributed by atoms with Crippen LogP contribution in [0.25, 0.3) is 0 Å². The lowest BCUT2D eigenvalue weighted by atomic mass is 9.77. The summed E-state index contributed by atoms with van der Waals surface area (Å²) in [5.41, 5.74) is 6.30. The van der Waals surface area contributed by atoms with Gasteiger partial charge in [0.15, 0.2) is 0 Å². The second-order valence-corrected chi connectivity index (χ2v) is 5.47. The normalized spacial score (nSPS) is 24.2. The predicted molar refractivity (Wildman–Crippen MR) is 61.8 cm³/mol. The standard InChI is InChI=1S/C12H24N2O/c1-14(10-12(13)5-2-6-12)7-8-15-9-11-3-4-11/h11H,2-10,13H2,1H3. The van der Waals surface area contributed by atoms with E-state index in [-0.39, 0.29) is 5.54 Å². The van der Waals surface area contributed by atoms with Crippen molar-refractivity contribution in [2.24, 2.45) is 11.7 Å². The molecule has 15 heavy (non-hydrogen) atoms. The lowest BCUT2D eigenvalue weighted by Crippen LogP contribution is -2.54. The van der Waals surface area contributed by atoms with Crippen LogP contribution in [0.5, 0.6) is 0 Å². The Morgan fingerprint density at radius 1 is 1.40 bits per heavy atom. The lowest BCUT2D eigenvalue weighted by molar-refractivity contribution is 0.0873. The van der Waals surface area contributed by atoms with Gasteiger partial charge in [0.25, 0.3) is 0 Å². The monoisotopic (exact) mass is 212 g/mol. The van der Waals surface area contributed by atoms with Crippen LogP contribution >= 0.6 is 0 Å². The highest BCUT2D eigenvalue weighted by molar-refractivity contribution is 4.94. The number of hydrogen-bond donors (Lipinski definition) is 1. The van der Waals surface area contributed by atoms with Crippen LogP contribution in [0.4, 0.5) is 0 Å². The number of ether oxygens (including phenoxy) is 1. The average Bonchev–Trinajstić information content (AvgIpc) is 2.93. The SMILES string of the molecule is CN(CCOCC1CC1)CC1(N)CCC1. The third kappa shape index (κ3) is 3.74. The molecule has 0 aromatic rings. The first-order chi connectivity index (χ1) is 7.18. The molecule has 0 aliphatic heterocycles.